The van der Waals surface area contributed by atoms with E-state index in [9.17, 15) is 9.59 Å². The molecule has 1 fully saturated rings. The highest BCUT2D eigenvalue weighted by atomic mass is 16.2. The van der Waals surface area contributed by atoms with Gasteiger partial charge in [0, 0.05) is 17.3 Å². The first kappa shape index (κ1) is 18.9. The lowest BCUT2D eigenvalue weighted by Gasteiger charge is -2.23. The van der Waals surface area contributed by atoms with E-state index in [2.05, 4.69) is 5.32 Å². The van der Waals surface area contributed by atoms with Crippen molar-refractivity contribution in [2.24, 2.45) is 0 Å². The number of nitrogens with zero attached hydrogens (tertiary/aromatic N) is 3. The van der Waals surface area contributed by atoms with Crippen LogP contribution in [-0.4, -0.2) is 32.2 Å². The topological polar surface area (TPSA) is 67.2 Å². The second kappa shape index (κ2) is 7.54. The molecule has 6 nitrogen and oxygen atoms in total. The zero-order valence-electron chi connectivity index (χ0n) is 16.6. The first-order chi connectivity index (χ1) is 14.1. The van der Waals surface area contributed by atoms with Gasteiger partial charge in [0.15, 0.2) is 0 Å². The monoisotopic (exact) mass is 388 g/mol. The summed E-state index contributed by atoms with van der Waals surface area (Å²) in [6.45, 7) is 4.03. The van der Waals surface area contributed by atoms with Crippen LogP contribution in [0, 0.1) is 0 Å². The molecule has 1 saturated heterocycles. The molecule has 148 valence electrons. The number of rotatable bonds is 6. The molecule has 3 aromatic rings. The minimum Gasteiger partial charge on any atom is -0.323 e. The minimum absolute atomic E-state index is 0.168. The number of aromatic nitrogens is 2. The highest BCUT2D eigenvalue weighted by Gasteiger charge is 2.48. The second-order valence-corrected chi connectivity index (χ2v) is 7.26. The zero-order valence-corrected chi connectivity index (χ0v) is 16.6. The van der Waals surface area contributed by atoms with Crippen molar-refractivity contribution in [3.8, 4) is 16.9 Å². The Morgan fingerprint density at radius 2 is 1.55 bits per heavy atom. The van der Waals surface area contributed by atoms with Gasteiger partial charge < -0.3 is 5.32 Å². The van der Waals surface area contributed by atoms with Crippen LogP contribution in [0.25, 0.3) is 16.9 Å². The van der Waals surface area contributed by atoms with E-state index in [1.54, 1.807) is 4.68 Å². The maximum Gasteiger partial charge on any atom is 0.325 e. The molecular formula is C23H24N4O2. The zero-order chi connectivity index (χ0) is 20.4. The highest BCUT2D eigenvalue weighted by Crippen LogP contribution is 2.29. The lowest BCUT2D eigenvalue weighted by atomic mass is 9.93. The molecule has 2 heterocycles. The molecule has 0 atom stereocenters. The van der Waals surface area contributed by atoms with E-state index in [-0.39, 0.29) is 18.5 Å². The van der Waals surface area contributed by atoms with Crippen LogP contribution in [0.1, 0.15) is 32.3 Å². The maximum atomic E-state index is 13.0. The van der Waals surface area contributed by atoms with Gasteiger partial charge in [-0.3, -0.25) is 9.69 Å². The third-order valence-electron chi connectivity index (χ3n) is 5.64. The number of carbonyl (C=O) groups is 2. The number of hydrogen-bond acceptors (Lipinski definition) is 3. The number of urea groups is 1. The molecule has 3 amide bonds. The number of benzene rings is 2. The fraction of sp³-hybridized carbons (Fsp3) is 0.261. The van der Waals surface area contributed by atoms with Crippen LogP contribution in [0.15, 0.2) is 66.9 Å². The van der Waals surface area contributed by atoms with Crippen molar-refractivity contribution in [3.63, 3.8) is 0 Å². The van der Waals surface area contributed by atoms with Crippen LogP contribution in [0.5, 0.6) is 0 Å². The SMILES string of the molecule is CCC1(CC)NC(=O)N(Cc2cn(-c3ccccc3)nc2-c2ccccc2)C1=O. The average molecular weight is 388 g/mol. The summed E-state index contributed by atoms with van der Waals surface area (Å²) in [7, 11) is 0. The normalized spacial score (nSPS) is 15.6. The Balaban J connectivity index is 1.74. The molecule has 0 radical (unpaired) electrons. The number of para-hydroxylation sites is 1. The lowest BCUT2D eigenvalue weighted by Crippen LogP contribution is -2.45. The smallest absolute Gasteiger partial charge is 0.323 e. The van der Waals surface area contributed by atoms with E-state index in [1.807, 2.05) is 80.7 Å². The Labute approximate surface area is 170 Å². The van der Waals surface area contributed by atoms with Crippen LogP contribution in [0.2, 0.25) is 0 Å². The van der Waals surface area contributed by atoms with Crippen LogP contribution in [0.4, 0.5) is 4.79 Å². The van der Waals surface area contributed by atoms with Crippen molar-refractivity contribution in [1.82, 2.24) is 20.0 Å². The van der Waals surface area contributed by atoms with Gasteiger partial charge in [-0.05, 0) is 25.0 Å². The maximum absolute atomic E-state index is 13.0. The molecule has 4 rings (SSSR count). The van der Waals surface area contributed by atoms with Crippen molar-refractivity contribution < 1.29 is 9.59 Å². The largest absolute Gasteiger partial charge is 0.325 e. The Bertz CT molecular complexity index is 1020. The van der Waals surface area contributed by atoms with E-state index in [4.69, 9.17) is 5.10 Å². The first-order valence-electron chi connectivity index (χ1n) is 9.91. The van der Waals surface area contributed by atoms with Gasteiger partial charge in [-0.1, -0.05) is 62.4 Å². The van der Waals surface area contributed by atoms with Crippen LogP contribution in [-0.2, 0) is 11.3 Å². The summed E-state index contributed by atoms with van der Waals surface area (Å²) in [5.74, 6) is -0.168. The van der Waals surface area contributed by atoms with Gasteiger partial charge >= 0.3 is 6.03 Å². The summed E-state index contributed by atoms with van der Waals surface area (Å²) in [5, 5.41) is 7.66. The minimum atomic E-state index is -0.806. The molecule has 6 heteroatoms. The Hall–Kier alpha value is -3.41. The number of carbonyl (C=O) groups excluding carboxylic acids is 2. The lowest BCUT2D eigenvalue weighted by molar-refractivity contribution is -0.131. The van der Waals surface area contributed by atoms with Gasteiger partial charge in [0.05, 0.1) is 17.9 Å². The van der Waals surface area contributed by atoms with Gasteiger partial charge in [-0.2, -0.15) is 5.10 Å². The van der Waals surface area contributed by atoms with Crippen molar-refractivity contribution in [1.29, 1.82) is 0 Å². The molecule has 1 aliphatic rings. The van der Waals surface area contributed by atoms with Crippen molar-refractivity contribution >= 4 is 11.9 Å². The average Bonchev–Trinajstić information content (AvgIpc) is 3.30. The summed E-state index contributed by atoms with van der Waals surface area (Å²) < 4.78 is 1.79. The quantitative estimate of drug-likeness (QED) is 0.645. The predicted molar refractivity (Wildman–Crippen MR) is 111 cm³/mol. The van der Waals surface area contributed by atoms with Gasteiger partial charge in [0.1, 0.15) is 5.54 Å². The molecule has 0 unspecified atom stereocenters. The van der Waals surface area contributed by atoms with Crippen LogP contribution in [0.3, 0.4) is 0 Å². The van der Waals surface area contributed by atoms with Gasteiger partial charge in [0.2, 0.25) is 0 Å². The van der Waals surface area contributed by atoms with E-state index >= 15 is 0 Å². The molecule has 2 aromatic carbocycles. The van der Waals surface area contributed by atoms with Gasteiger partial charge in [0.25, 0.3) is 5.91 Å². The molecule has 29 heavy (non-hydrogen) atoms. The molecule has 1 aliphatic heterocycles. The van der Waals surface area contributed by atoms with Gasteiger partial charge in [-0.15, -0.1) is 0 Å². The molecule has 0 aliphatic carbocycles. The van der Waals surface area contributed by atoms with E-state index in [0.717, 1.165) is 22.5 Å². The number of hydrogen-bond donors (Lipinski definition) is 1. The highest BCUT2D eigenvalue weighted by molar-refractivity contribution is 6.07. The van der Waals surface area contributed by atoms with Crippen LogP contribution < -0.4 is 5.32 Å². The molecule has 1 N–H and O–H groups in total. The molecular weight excluding hydrogens is 364 g/mol. The fourth-order valence-electron chi connectivity index (χ4n) is 3.80. The van der Waals surface area contributed by atoms with E-state index in [1.165, 1.54) is 4.90 Å². The molecule has 0 bridgehead atoms. The summed E-state index contributed by atoms with van der Waals surface area (Å²) in [5.41, 5.74) is 2.65. The van der Waals surface area contributed by atoms with Crippen molar-refractivity contribution in [3.05, 3.63) is 72.4 Å². The number of amides is 3. The number of nitrogens with one attached hydrogen (secondary N) is 1. The number of imide groups is 1. The predicted octanol–water partition coefficient (Wildman–Crippen LogP) is 4.15. The Morgan fingerprint density at radius 1 is 0.931 bits per heavy atom. The third kappa shape index (κ3) is 3.31. The van der Waals surface area contributed by atoms with Crippen molar-refractivity contribution in [2.45, 2.75) is 38.8 Å². The Kier molecular flexibility index (Phi) is 4.92. The standard InChI is InChI=1S/C23H24N4O2/c1-3-23(4-2)21(28)26(22(29)24-23)15-18-16-27(19-13-9-6-10-14-19)25-20(18)17-11-7-5-8-12-17/h5-14,16H,3-4,15H2,1-2H3,(H,24,29). The van der Waals surface area contributed by atoms with Gasteiger partial charge in [-0.25, -0.2) is 9.48 Å². The van der Waals surface area contributed by atoms with Crippen LogP contribution >= 0.6 is 0 Å². The van der Waals surface area contributed by atoms with Crippen molar-refractivity contribution in [2.75, 3.05) is 0 Å². The van der Waals surface area contributed by atoms with E-state index < -0.39 is 5.54 Å². The van der Waals surface area contributed by atoms with E-state index in [0.29, 0.717) is 12.8 Å². The third-order valence-corrected chi connectivity index (χ3v) is 5.64. The first-order valence-corrected chi connectivity index (χ1v) is 9.91. The fourth-order valence-corrected chi connectivity index (χ4v) is 3.80. The Morgan fingerprint density at radius 3 is 2.14 bits per heavy atom. The summed E-state index contributed by atoms with van der Waals surface area (Å²) in [4.78, 5) is 27.0. The molecule has 0 spiro atoms. The summed E-state index contributed by atoms with van der Waals surface area (Å²) in [6.07, 6.45) is 3.04. The summed E-state index contributed by atoms with van der Waals surface area (Å²) >= 11 is 0. The summed E-state index contributed by atoms with van der Waals surface area (Å²) in [6, 6.07) is 19.3. The molecule has 1 aromatic heterocycles. The second-order valence-electron chi connectivity index (χ2n) is 7.26. The molecule has 0 saturated carbocycles.